The molecular formula is C50H86N2O2. The Kier molecular flexibility index (Phi) is 22.6. The first-order chi connectivity index (χ1) is 26.4. The first kappa shape index (κ1) is 46.0. The maximum absolute atomic E-state index is 6.27. The van der Waals surface area contributed by atoms with Crippen molar-refractivity contribution >= 4 is 11.4 Å². The fraction of sp³-hybridized carbons (Fsp3) is 0.760. The minimum Gasteiger partial charge on any atom is -0.496 e. The number of unbranched alkanes of at least 4 members (excludes halogenated alkanes) is 20. The van der Waals surface area contributed by atoms with Crippen molar-refractivity contribution in [2.24, 2.45) is 0 Å². The molecule has 4 nitrogen and oxygen atoms in total. The summed E-state index contributed by atoms with van der Waals surface area (Å²) in [6.45, 7) is 18.7. The lowest BCUT2D eigenvalue weighted by molar-refractivity contribution is 0.398. The summed E-state index contributed by atoms with van der Waals surface area (Å²) in [6, 6.07) is 9.83. The van der Waals surface area contributed by atoms with Crippen LogP contribution in [-0.2, 0) is 11.8 Å². The second-order valence-electron chi connectivity index (χ2n) is 17.2. The molecule has 1 aliphatic rings. The summed E-state index contributed by atoms with van der Waals surface area (Å²) in [5.74, 6) is 2.08. The van der Waals surface area contributed by atoms with Crippen molar-refractivity contribution in [3.05, 3.63) is 46.5 Å². The lowest BCUT2D eigenvalue weighted by Gasteiger charge is -2.39. The standard InChI is InChI=1S/C50H86N2O2/c1-9-13-17-21-25-29-33-51(34-30-26-22-18-14-10-2)42-37-46-44(48(39-42)53-7)41-45-47(50(46,5)6)38-43(40-49(45)54-8)52(35-31-27-23-19-15-11-3)36-32-28-24-20-16-12-4/h37-40H,9-36,41H2,1-8H3. The van der Waals surface area contributed by atoms with E-state index < -0.39 is 0 Å². The molecule has 0 fully saturated rings. The molecule has 0 heterocycles. The highest BCUT2D eigenvalue weighted by molar-refractivity contribution is 5.69. The molecule has 0 saturated carbocycles. The zero-order valence-corrected chi connectivity index (χ0v) is 37.0. The van der Waals surface area contributed by atoms with E-state index in [0.717, 1.165) is 44.1 Å². The van der Waals surface area contributed by atoms with E-state index in [9.17, 15) is 0 Å². The first-order valence-electron chi connectivity index (χ1n) is 23.3. The van der Waals surface area contributed by atoms with Crippen LogP contribution in [0.3, 0.4) is 0 Å². The molecule has 0 N–H and O–H groups in total. The number of benzene rings is 2. The molecule has 4 heteroatoms. The van der Waals surface area contributed by atoms with Crippen LogP contribution in [0.2, 0.25) is 0 Å². The molecule has 2 aromatic carbocycles. The van der Waals surface area contributed by atoms with Gasteiger partial charge < -0.3 is 19.3 Å². The van der Waals surface area contributed by atoms with Crippen LogP contribution in [-0.4, -0.2) is 40.4 Å². The van der Waals surface area contributed by atoms with E-state index in [0.29, 0.717) is 0 Å². The monoisotopic (exact) mass is 747 g/mol. The molecule has 0 aliphatic heterocycles. The third kappa shape index (κ3) is 14.6. The summed E-state index contributed by atoms with van der Waals surface area (Å²) in [6.07, 6.45) is 32.8. The van der Waals surface area contributed by atoms with E-state index in [2.05, 4.69) is 75.6 Å². The maximum atomic E-state index is 6.27. The van der Waals surface area contributed by atoms with E-state index in [4.69, 9.17) is 9.47 Å². The normalized spacial score (nSPS) is 13.1. The average Bonchev–Trinajstić information content (AvgIpc) is 3.18. The minimum atomic E-state index is -0.173. The van der Waals surface area contributed by atoms with Crippen LogP contribution in [0.4, 0.5) is 11.4 Å². The minimum absolute atomic E-state index is 0.173. The molecule has 1 aliphatic carbocycles. The number of hydrogen-bond donors (Lipinski definition) is 0. The largest absolute Gasteiger partial charge is 0.496 e. The van der Waals surface area contributed by atoms with Gasteiger partial charge in [0.25, 0.3) is 0 Å². The van der Waals surface area contributed by atoms with E-state index in [1.54, 1.807) is 0 Å². The SMILES string of the molecule is CCCCCCCCN(CCCCCCCC)c1cc(OC)c2c(c1)C(C)(C)c1cc(N(CCCCCCCC)CCCCCCCC)cc(OC)c1C2. The summed E-state index contributed by atoms with van der Waals surface area (Å²) in [4.78, 5) is 5.40. The van der Waals surface area contributed by atoms with Gasteiger partial charge in [-0.25, -0.2) is 0 Å². The maximum Gasteiger partial charge on any atom is 0.124 e. The van der Waals surface area contributed by atoms with Gasteiger partial charge in [0.1, 0.15) is 11.5 Å². The summed E-state index contributed by atoms with van der Waals surface area (Å²) >= 11 is 0. The van der Waals surface area contributed by atoms with Gasteiger partial charge in [0.05, 0.1) is 14.2 Å². The van der Waals surface area contributed by atoms with Crippen LogP contribution in [0, 0.1) is 0 Å². The number of hydrogen-bond acceptors (Lipinski definition) is 4. The number of anilines is 2. The van der Waals surface area contributed by atoms with Crippen molar-refractivity contribution in [3.8, 4) is 11.5 Å². The van der Waals surface area contributed by atoms with Gasteiger partial charge in [-0.3, -0.25) is 0 Å². The molecule has 0 radical (unpaired) electrons. The van der Waals surface area contributed by atoms with Gasteiger partial charge in [0.2, 0.25) is 0 Å². The second kappa shape index (κ2) is 26.5. The van der Waals surface area contributed by atoms with Crippen LogP contribution in [0.5, 0.6) is 11.5 Å². The lowest BCUT2D eigenvalue weighted by Crippen LogP contribution is -2.31. The fourth-order valence-electron chi connectivity index (χ4n) is 8.86. The number of ether oxygens (including phenoxy) is 2. The van der Waals surface area contributed by atoms with Gasteiger partial charge in [-0.15, -0.1) is 0 Å². The zero-order chi connectivity index (χ0) is 39.0. The molecular weight excluding hydrogens is 661 g/mol. The zero-order valence-electron chi connectivity index (χ0n) is 37.0. The van der Waals surface area contributed by atoms with Crippen LogP contribution < -0.4 is 19.3 Å². The highest BCUT2D eigenvalue weighted by atomic mass is 16.5. The van der Waals surface area contributed by atoms with E-state index >= 15 is 0 Å². The molecule has 0 aromatic heterocycles. The Labute approximate surface area is 335 Å². The van der Waals surface area contributed by atoms with Crippen molar-refractivity contribution in [1.82, 2.24) is 0 Å². The topological polar surface area (TPSA) is 24.9 Å². The number of methoxy groups -OCH3 is 2. The molecule has 0 spiro atoms. The predicted molar refractivity (Wildman–Crippen MR) is 239 cm³/mol. The quantitative estimate of drug-likeness (QED) is 0.0696. The van der Waals surface area contributed by atoms with Crippen molar-refractivity contribution in [1.29, 1.82) is 0 Å². The highest BCUT2D eigenvalue weighted by Gasteiger charge is 2.37. The van der Waals surface area contributed by atoms with Crippen LogP contribution in [0.25, 0.3) is 0 Å². The first-order valence-corrected chi connectivity index (χ1v) is 23.3. The summed E-state index contributed by atoms with van der Waals surface area (Å²) < 4.78 is 12.5. The van der Waals surface area contributed by atoms with E-state index in [1.165, 1.54) is 188 Å². The molecule has 2 aromatic rings. The van der Waals surface area contributed by atoms with Crippen molar-refractivity contribution in [2.45, 2.75) is 207 Å². The Morgan fingerprint density at radius 1 is 0.426 bits per heavy atom. The summed E-state index contributed by atoms with van der Waals surface area (Å²) in [7, 11) is 3.74. The third-order valence-electron chi connectivity index (χ3n) is 12.4. The van der Waals surface area contributed by atoms with Crippen LogP contribution in [0.1, 0.15) is 218 Å². The van der Waals surface area contributed by atoms with Crippen molar-refractivity contribution in [2.75, 3.05) is 50.2 Å². The average molecular weight is 747 g/mol. The molecule has 3 rings (SSSR count). The highest BCUT2D eigenvalue weighted by Crippen LogP contribution is 2.50. The van der Waals surface area contributed by atoms with Gasteiger partial charge in [0, 0.05) is 72.6 Å². The van der Waals surface area contributed by atoms with Gasteiger partial charge >= 0.3 is 0 Å². The van der Waals surface area contributed by atoms with Crippen LogP contribution in [0.15, 0.2) is 24.3 Å². The van der Waals surface area contributed by atoms with E-state index in [-0.39, 0.29) is 5.41 Å². The molecule has 0 amide bonds. The molecule has 54 heavy (non-hydrogen) atoms. The Morgan fingerprint density at radius 3 is 0.981 bits per heavy atom. The lowest BCUT2D eigenvalue weighted by atomic mass is 9.68. The Hall–Kier alpha value is -2.36. The fourth-order valence-corrected chi connectivity index (χ4v) is 8.86. The Balaban J connectivity index is 1.94. The summed E-state index contributed by atoms with van der Waals surface area (Å²) in [5.41, 5.74) is 8.05. The van der Waals surface area contributed by atoms with Gasteiger partial charge in [-0.1, -0.05) is 170 Å². The van der Waals surface area contributed by atoms with Gasteiger partial charge in [0.15, 0.2) is 0 Å². The smallest absolute Gasteiger partial charge is 0.124 e. The summed E-state index contributed by atoms with van der Waals surface area (Å²) in [5, 5.41) is 0. The van der Waals surface area contributed by atoms with Crippen LogP contribution >= 0.6 is 0 Å². The Bertz CT molecular complexity index is 1160. The third-order valence-corrected chi connectivity index (χ3v) is 12.4. The second-order valence-corrected chi connectivity index (χ2v) is 17.2. The predicted octanol–water partition coefficient (Wildman–Crippen LogP) is 15.0. The molecule has 0 atom stereocenters. The van der Waals surface area contributed by atoms with E-state index in [1.807, 2.05) is 14.2 Å². The molecule has 0 saturated heterocycles. The number of nitrogens with zero attached hydrogens (tertiary/aromatic N) is 2. The van der Waals surface area contributed by atoms with Gasteiger partial charge in [-0.2, -0.15) is 0 Å². The number of rotatable bonds is 32. The van der Waals surface area contributed by atoms with Gasteiger partial charge in [-0.05, 0) is 48.9 Å². The molecule has 0 bridgehead atoms. The molecule has 0 unspecified atom stereocenters. The Morgan fingerprint density at radius 2 is 0.704 bits per heavy atom. The van der Waals surface area contributed by atoms with Crippen molar-refractivity contribution in [3.63, 3.8) is 0 Å². The molecule has 308 valence electrons. The number of fused-ring (bicyclic) bond motifs is 2. The van der Waals surface area contributed by atoms with Crippen molar-refractivity contribution < 1.29 is 9.47 Å².